The van der Waals surface area contributed by atoms with Crippen LogP contribution < -0.4 is 24.8 Å². The number of carbonyl (C=O) groups excluding carboxylic acids is 1. The third kappa shape index (κ3) is 4.56. The molecule has 134 valence electrons. The highest BCUT2D eigenvalue weighted by molar-refractivity contribution is 5.93. The first-order valence-corrected chi connectivity index (χ1v) is 8.04. The summed E-state index contributed by atoms with van der Waals surface area (Å²) in [4.78, 5) is 11.7. The molecule has 0 saturated heterocycles. The van der Waals surface area contributed by atoms with Gasteiger partial charge in [-0.3, -0.25) is 4.79 Å². The van der Waals surface area contributed by atoms with Crippen LogP contribution in [0.25, 0.3) is 0 Å². The van der Waals surface area contributed by atoms with Gasteiger partial charge in [0.15, 0.2) is 11.5 Å². The number of hydrogen-bond acceptors (Lipinski definition) is 5. The zero-order valence-corrected chi connectivity index (χ0v) is 15.0. The van der Waals surface area contributed by atoms with E-state index in [1.807, 2.05) is 43.3 Å². The van der Waals surface area contributed by atoms with E-state index < -0.39 is 0 Å². The average molecular weight is 344 g/mol. The van der Waals surface area contributed by atoms with Crippen molar-refractivity contribution < 1.29 is 19.0 Å². The molecule has 0 unspecified atom stereocenters. The first-order valence-electron chi connectivity index (χ1n) is 8.04. The predicted molar refractivity (Wildman–Crippen MR) is 98.8 cm³/mol. The van der Waals surface area contributed by atoms with Crippen LogP contribution in [0.3, 0.4) is 0 Å². The molecule has 2 aromatic carbocycles. The topological polar surface area (TPSA) is 68.8 Å². The highest BCUT2D eigenvalue weighted by atomic mass is 16.5. The Labute approximate surface area is 148 Å². The number of ether oxygens (including phenoxy) is 3. The fourth-order valence-corrected chi connectivity index (χ4v) is 2.42. The zero-order chi connectivity index (χ0) is 18.2. The number of methoxy groups -OCH3 is 3. The molecule has 6 nitrogen and oxygen atoms in total. The summed E-state index contributed by atoms with van der Waals surface area (Å²) >= 11 is 0. The largest absolute Gasteiger partial charge is 0.493 e. The minimum atomic E-state index is -0.0259. The Morgan fingerprint density at radius 3 is 2.08 bits per heavy atom. The Kier molecular flexibility index (Phi) is 6.51. The molecular formula is C19H24N2O4. The van der Waals surface area contributed by atoms with Gasteiger partial charge in [0.2, 0.25) is 11.7 Å². The lowest BCUT2D eigenvalue weighted by atomic mass is 10.1. The third-order valence-corrected chi connectivity index (χ3v) is 3.73. The quantitative estimate of drug-likeness (QED) is 0.765. The van der Waals surface area contributed by atoms with Gasteiger partial charge in [-0.25, -0.2) is 0 Å². The molecule has 0 bridgehead atoms. The molecule has 0 radical (unpaired) electrons. The maximum absolute atomic E-state index is 11.7. The number of benzene rings is 2. The molecule has 0 saturated carbocycles. The number of rotatable bonds is 8. The van der Waals surface area contributed by atoms with E-state index in [0.29, 0.717) is 30.2 Å². The monoisotopic (exact) mass is 344 g/mol. The summed E-state index contributed by atoms with van der Waals surface area (Å²) in [5.74, 6) is 1.74. The molecule has 0 aliphatic heterocycles. The van der Waals surface area contributed by atoms with Crippen LogP contribution in [-0.2, 0) is 11.3 Å². The van der Waals surface area contributed by atoms with Crippen molar-refractivity contribution in [2.24, 2.45) is 0 Å². The molecule has 25 heavy (non-hydrogen) atoms. The molecule has 0 atom stereocenters. The Hall–Kier alpha value is -2.89. The van der Waals surface area contributed by atoms with Gasteiger partial charge in [-0.1, -0.05) is 19.1 Å². The third-order valence-electron chi connectivity index (χ3n) is 3.73. The fraction of sp³-hybridized carbons (Fsp3) is 0.316. The number of anilines is 2. The molecule has 0 spiro atoms. The van der Waals surface area contributed by atoms with Crippen molar-refractivity contribution in [3.63, 3.8) is 0 Å². The first kappa shape index (κ1) is 18.4. The van der Waals surface area contributed by atoms with E-state index in [1.54, 1.807) is 21.3 Å². The number of hydrogen-bond donors (Lipinski definition) is 2. The van der Waals surface area contributed by atoms with Crippen molar-refractivity contribution in [1.29, 1.82) is 0 Å². The molecular weight excluding hydrogens is 320 g/mol. The van der Waals surface area contributed by atoms with E-state index in [0.717, 1.165) is 16.9 Å². The lowest BCUT2D eigenvalue weighted by Gasteiger charge is -2.16. The molecule has 6 heteroatoms. The van der Waals surface area contributed by atoms with Crippen LogP contribution in [0.1, 0.15) is 18.9 Å². The standard InChI is InChI=1S/C19H24N2O4/c1-5-18(22)21-15-9-7-6-8-14(15)20-12-13-10-16(23-2)19(25-4)17(11-13)24-3/h6-11,20H,5,12H2,1-4H3,(H,21,22). The van der Waals surface area contributed by atoms with Gasteiger partial charge in [-0.2, -0.15) is 0 Å². The summed E-state index contributed by atoms with van der Waals surface area (Å²) < 4.78 is 16.1. The van der Waals surface area contributed by atoms with Crippen molar-refractivity contribution in [2.75, 3.05) is 32.0 Å². The smallest absolute Gasteiger partial charge is 0.224 e. The normalized spacial score (nSPS) is 10.1. The molecule has 0 aliphatic carbocycles. The van der Waals surface area contributed by atoms with Gasteiger partial charge in [0.05, 0.1) is 32.7 Å². The highest BCUT2D eigenvalue weighted by Gasteiger charge is 2.13. The Balaban J connectivity index is 2.20. The SMILES string of the molecule is CCC(=O)Nc1ccccc1NCc1cc(OC)c(OC)c(OC)c1. The lowest BCUT2D eigenvalue weighted by Crippen LogP contribution is -2.12. The van der Waals surface area contributed by atoms with Crippen LogP contribution in [0.5, 0.6) is 17.2 Å². The molecule has 2 rings (SSSR count). The van der Waals surface area contributed by atoms with Crippen molar-refractivity contribution in [3.05, 3.63) is 42.0 Å². The minimum absolute atomic E-state index is 0.0259. The minimum Gasteiger partial charge on any atom is -0.493 e. The number of para-hydroxylation sites is 2. The van der Waals surface area contributed by atoms with Crippen LogP contribution in [0.4, 0.5) is 11.4 Å². The van der Waals surface area contributed by atoms with E-state index in [-0.39, 0.29) is 5.91 Å². The Morgan fingerprint density at radius 1 is 0.960 bits per heavy atom. The fourth-order valence-electron chi connectivity index (χ4n) is 2.42. The average Bonchev–Trinajstić information content (AvgIpc) is 2.66. The number of amides is 1. The summed E-state index contributed by atoms with van der Waals surface area (Å²) in [5, 5.41) is 6.22. The van der Waals surface area contributed by atoms with Crippen LogP contribution in [0.2, 0.25) is 0 Å². The molecule has 1 amide bonds. The maximum Gasteiger partial charge on any atom is 0.224 e. The number of nitrogens with one attached hydrogen (secondary N) is 2. The summed E-state index contributed by atoms with van der Waals surface area (Å²) in [6, 6.07) is 11.4. The predicted octanol–water partition coefficient (Wildman–Crippen LogP) is 3.67. The molecule has 0 aromatic heterocycles. The summed E-state index contributed by atoms with van der Waals surface area (Å²) in [6.07, 6.45) is 0.432. The van der Waals surface area contributed by atoms with Crippen LogP contribution in [0, 0.1) is 0 Å². The summed E-state index contributed by atoms with van der Waals surface area (Å²) in [7, 11) is 4.75. The molecule has 0 aliphatic rings. The van der Waals surface area contributed by atoms with Crippen molar-refractivity contribution in [3.8, 4) is 17.2 Å². The first-order chi connectivity index (χ1) is 12.1. The van der Waals surface area contributed by atoms with Gasteiger partial charge in [0, 0.05) is 13.0 Å². The van der Waals surface area contributed by atoms with E-state index >= 15 is 0 Å². The highest BCUT2D eigenvalue weighted by Crippen LogP contribution is 2.38. The van der Waals surface area contributed by atoms with Gasteiger partial charge < -0.3 is 24.8 Å². The van der Waals surface area contributed by atoms with Crippen LogP contribution in [0.15, 0.2) is 36.4 Å². The van der Waals surface area contributed by atoms with Gasteiger partial charge in [-0.15, -0.1) is 0 Å². The van der Waals surface area contributed by atoms with Gasteiger partial charge in [0.1, 0.15) is 0 Å². The molecule has 2 N–H and O–H groups in total. The Bertz CT molecular complexity index is 706. The van der Waals surface area contributed by atoms with Crippen LogP contribution >= 0.6 is 0 Å². The van der Waals surface area contributed by atoms with E-state index in [2.05, 4.69) is 10.6 Å². The maximum atomic E-state index is 11.7. The summed E-state index contributed by atoms with van der Waals surface area (Å²) in [5.41, 5.74) is 2.56. The van der Waals surface area contributed by atoms with Crippen LogP contribution in [-0.4, -0.2) is 27.2 Å². The lowest BCUT2D eigenvalue weighted by molar-refractivity contribution is -0.115. The molecule has 2 aromatic rings. The summed E-state index contributed by atoms with van der Waals surface area (Å²) in [6.45, 7) is 2.36. The second-order valence-electron chi connectivity index (χ2n) is 5.33. The molecule has 0 fully saturated rings. The zero-order valence-electron chi connectivity index (χ0n) is 15.0. The van der Waals surface area contributed by atoms with Gasteiger partial charge in [-0.05, 0) is 29.8 Å². The van der Waals surface area contributed by atoms with E-state index in [1.165, 1.54) is 0 Å². The second kappa shape index (κ2) is 8.82. The van der Waals surface area contributed by atoms with E-state index in [9.17, 15) is 4.79 Å². The van der Waals surface area contributed by atoms with Gasteiger partial charge in [0.25, 0.3) is 0 Å². The van der Waals surface area contributed by atoms with Crippen molar-refractivity contribution in [1.82, 2.24) is 0 Å². The molecule has 0 heterocycles. The Morgan fingerprint density at radius 2 is 1.56 bits per heavy atom. The second-order valence-corrected chi connectivity index (χ2v) is 5.33. The van der Waals surface area contributed by atoms with Crippen molar-refractivity contribution >= 4 is 17.3 Å². The van der Waals surface area contributed by atoms with E-state index in [4.69, 9.17) is 14.2 Å². The van der Waals surface area contributed by atoms with Crippen molar-refractivity contribution in [2.45, 2.75) is 19.9 Å². The van der Waals surface area contributed by atoms with Gasteiger partial charge >= 0.3 is 0 Å². The number of carbonyl (C=O) groups is 1.